The van der Waals surface area contributed by atoms with Crippen LogP contribution in [0.2, 0.25) is 0 Å². The zero-order valence-corrected chi connectivity index (χ0v) is 15.6. The topological polar surface area (TPSA) is 97.5 Å². The van der Waals surface area contributed by atoms with Crippen LogP contribution in [-0.4, -0.2) is 43.4 Å². The van der Waals surface area contributed by atoms with Crippen LogP contribution < -0.4 is 10.6 Å². The number of anilines is 2. The summed E-state index contributed by atoms with van der Waals surface area (Å²) in [6.07, 6.45) is 2.01. The molecular weight excluding hydrogens is 348 g/mol. The van der Waals surface area contributed by atoms with Crippen LogP contribution in [0.25, 0.3) is 11.1 Å². The molecule has 0 aromatic heterocycles. The van der Waals surface area contributed by atoms with Crippen LogP contribution in [0, 0.1) is 0 Å². The number of hydrogen-bond acceptors (Lipinski definition) is 6. The van der Waals surface area contributed by atoms with Crippen LogP contribution in [0.1, 0.15) is 0 Å². The van der Waals surface area contributed by atoms with Crippen LogP contribution in [0.4, 0.5) is 11.4 Å². The third kappa shape index (κ3) is 3.70. The van der Waals surface area contributed by atoms with Gasteiger partial charge in [0.1, 0.15) is 0 Å². The fourth-order valence-electron chi connectivity index (χ4n) is 2.33. The Hall–Kier alpha value is -2.06. The molecule has 8 heteroatoms. The van der Waals surface area contributed by atoms with Crippen molar-refractivity contribution in [3.05, 3.63) is 36.4 Å². The zero-order valence-electron chi connectivity index (χ0n) is 13.9. The van der Waals surface area contributed by atoms with Crippen LogP contribution in [0.5, 0.6) is 0 Å². The van der Waals surface area contributed by atoms with Crippen molar-refractivity contribution in [2.75, 3.05) is 37.2 Å². The molecule has 2 rings (SSSR count). The number of nitrogens with two attached hydrogens (primary N) is 1. The first-order valence-corrected chi connectivity index (χ1v) is 10.8. The van der Waals surface area contributed by atoms with E-state index < -0.39 is 19.7 Å². The third-order valence-corrected chi connectivity index (χ3v) is 5.89. The molecule has 2 N–H and O–H groups in total. The van der Waals surface area contributed by atoms with Gasteiger partial charge in [-0.05, 0) is 35.4 Å². The third-order valence-electron chi connectivity index (χ3n) is 3.62. The molecule has 0 bridgehead atoms. The summed E-state index contributed by atoms with van der Waals surface area (Å²) in [5.74, 6) is 0. The fourth-order valence-corrected chi connectivity index (χ4v) is 4.10. The van der Waals surface area contributed by atoms with E-state index in [2.05, 4.69) is 0 Å². The van der Waals surface area contributed by atoms with Crippen molar-refractivity contribution in [2.45, 2.75) is 9.79 Å². The van der Waals surface area contributed by atoms with Crippen LogP contribution in [0.3, 0.4) is 0 Å². The van der Waals surface area contributed by atoms with E-state index in [0.717, 1.165) is 18.2 Å². The number of hydrogen-bond donors (Lipinski definition) is 1. The Morgan fingerprint density at radius 3 is 1.54 bits per heavy atom. The van der Waals surface area contributed by atoms with E-state index >= 15 is 0 Å². The minimum absolute atomic E-state index is 0.183. The molecule has 0 amide bonds. The number of rotatable bonds is 4. The van der Waals surface area contributed by atoms with Gasteiger partial charge in [-0.3, -0.25) is 0 Å². The smallest absolute Gasteiger partial charge is 0.177 e. The SMILES string of the molecule is CN(C)c1ccc(-c2cc(S(C)(=O)=O)c(N)c(S(C)(=O)=O)c2)cc1. The summed E-state index contributed by atoms with van der Waals surface area (Å²) in [7, 11) is -3.52. The summed E-state index contributed by atoms with van der Waals surface area (Å²) in [5.41, 5.74) is 7.72. The minimum Gasteiger partial charge on any atom is -0.397 e. The molecule has 0 saturated carbocycles. The molecule has 0 aliphatic heterocycles. The maximum absolute atomic E-state index is 12.0. The molecule has 2 aromatic rings. The molecule has 0 saturated heterocycles. The van der Waals surface area contributed by atoms with Crippen LogP contribution >= 0.6 is 0 Å². The summed E-state index contributed by atoms with van der Waals surface area (Å²) in [6, 6.07) is 10.2. The number of sulfone groups is 2. The van der Waals surface area contributed by atoms with Gasteiger partial charge in [-0.2, -0.15) is 0 Å². The second kappa shape index (κ2) is 6.10. The van der Waals surface area contributed by atoms with Gasteiger partial charge in [0.2, 0.25) is 0 Å². The first-order valence-electron chi connectivity index (χ1n) is 7.02. The molecule has 0 aliphatic carbocycles. The summed E-state index contributed by atoms with van der Waals surface area (Å²) < 4.78 is 47.9. The quantitative estimate of drug-likeness (QED) is 0.827. The van der Waals surface area contributed by atoms with Crippen molar-refractivity contribution < 1.29 is 16.8 Å². The van der Waals surface area contributed by atoms with E-state index in [1.165, 1.54) is 12.1 Å². The molecule has 6 nitrogen and oxygen atoms in total. The highest BCUT2D eigenvalue weighted by atomic mass is 32.2. The summed E-state index contributed by atoms with van der Waals surface area (Å²) in [6.45, 7) is 0. The van der Waals surface area contributed by atoms with Crippen molar-refractivity contribution in [3.8, 4) is 11.1 Å². The first kappa shape index (κ1) is 18.3. The molecule has 2 aromatic carbocycles. The van der Waals surface area contributed by atoms with Gasteiger partial charge in [0, 0.05) is 32.3 Å². The zero-order chi connectivity index (χ0) is 18.3. The molecule has 0 atom stereocenters. The van der Waals surface area contributed by atoms with E-state index in [9.17, 15) is 16.8 Å². The van der Waals surface area contributed by atoms with Gasteiger partial charge in [-0.1, -0.05) is 12.1 Å². The van der Waals surface area contributed by atoms with Crippen LogP contribution in [0.15, 0.2) is 46.2 Å². The average molecular weight is 368 g/mol. The standard InChI is InChI=1S/C16H20N2O4S2/c1-18(2)13-7-5-11(6-8-13)12-9-14(23(3,19)20)16(17)15(10-12)24(4,21)22/h5-10H,17H2,1-4H3. The number of nitrogens with zero attached hydrogens (tertiary/aromatic N) is 1. The molecule has 24 heavy (non-hydrogen) atoms. The van der Waals surface area contributed by atoms with Gasteiger partial charge < -0.3 is 10.6 Å². The van der Waals surface area contributed by atoms with Gasteiger partial charge in [0.15, 0.2) is 19.7 Å². The predicted octanol–water partition coefficient (Wildman–Crippen LogP) is 1.81. The molecule has 0 spiro atoms. The van der Waals surface area contributed by atoms with Crippen LogP contribution in [-0.2, 0) is 19.7 Å². The predicted molar refractivity (Wildman–Crippen MR) is 96.8 cm³/mol. The minimum atomic E-state index is -3.67. The molecule has 0 aliphatic rings. The van der Waals surface area contributed by atoms with E-state index in [1.807, 2.05) is 31.1 Å². The number of nitrogen functional groups attached to an aromatic ring is 1. The monoisotopic (exact) mass is 368 g/mol. The summed E-state index contributed by atoms with van der Waals surface area (Å²) in [5, 5.41) is 0. The highest BCUT2D eigenvalue weighted by Crippen LogP contribution is 2.33. The van der Waals surface area contributed by atoms with E-state index in [-0.39, 0.29) is 15.5 Å². The Balaban J connectivity index is 2.75. The second-order valence-corrected chi connectivity index (χ2v) is 9.84. The Morgan fingerprint density at radius 1 is 0.792 bits per heavy atom. The largest absolute Gasteiger partial charge is 0.397 e. The molecule has 0 radical (unpaired) electrons. The van der Waals surface area contributed by atoms with E-state index in [1.54, 1.807) is 12.1 Å². The van der Waals surface area contributed by atoms with Gasteiger partial charge in [-0.15, -0.1) is 0 Å². The van der Waals surface area contributed by atoms with Gasteiger partial charge >= 0.3 is 0 Å². The number of benzene rings is 2. The summed E-state index contributed by atoms with van der Waals surface area (Å²) in [4.78, 5) is 1.56. The Morgan fingerprint density at radius 2 is 1.21 bits per heavy atom. The van der Waals surface area contributed by atoms with Gasteiger partial charge in [0.05, 0.1) is 15.5 Å². The van der Waals surface area contributed by atoms with Crippen molar-refractivity contribution in [1.82, 2.24) is 0 Å². The summed E-state index contributed by atoms with van der Waals surface area (Å²) >= 11 is 0. The normalized spacial score (nSPS) is 12.2. The van der Waals surface area contributed by atoms with Gasteiger partial charge in [0.25, 0.3) is 0 Å². The lowest BCUT2D eigenvalue weighted by molar-refractivity contribution is 0.601. The molecular formula is C16H20N2O4S2. The maximum Gasteiger partial charge on any atom is 0.177 e. The molecule has 0 heterocycles. The van der Waals surface area contributed by atoms with E-state index in [4.69, 9.17) is 5.73 Å². The molecule has 0 fully saturated rings. The maximum atomic E-state index is 12.0. The van der Waals surface area contributed by atoms with Crippen molar-refractivity contribution >= 4 is 31.0 Å². The lowest BCUT2D eigenvalue weighted by atomic mass is 10.0. The fraction of sp³-hybridized carbons (Fsp3) is 0.250. The Kier molecular flexibility index (Phi) is 4.65. The first-order chi connectivity index (χ1) is 10.9. The highest BCUT2D eigenvalue weighted by Gasteiger charge is 2.22. The van der Waals surface area contributed by atoms with Gasteiger partial charge in [-0.25, -0.2) is 16.8 Å². The molecule has 0 unspecified atom stereocenters. The lowest BCUT2D eigenvalue weighted by Crippen LogP contribution is -2.09. The van der Waals surface area contributed by atoms with Crippen molar-refractivity contribution in [3.63, 3.8) is 0 Å². The second-order valence-electron chi connectivity index (χ2n) is 5.87. The van der Waals surface area contributed by atoms with Crippen molar-refractivity contribution in [2.24, 2.45) is 0 Å². The highest BCUT2D eigenvalue weighted by molar-refractivity contribution is 7.91. The Labute approximate surface area is 142 Å². The lowest BCUT2D eigenvalue weighted by Gasteiger charge is -2.15. The van der Waals surface area contributed by atoms with Crippen molar-refractivity contribution in [1.29, 1.82) is 0 Å². The Bertz CT molecular complexity index is 924. The average Bonchev–Trinajstić information content (AvgIpc) is 2.45. The molecule has 130 valence electrons. The van der Waals surface area contributed by atoms with E-state index in [0.29, 0.717) is 11.1 Å².